The van der Waals surface area contributed by atoms with Crippen molar-refractivity contribution < 1.29 is 19.0 Å². The lowest BCUT2D eigenvalue weighted by atomic mass is 10.1. The first-order chi connectivity index (χ1) is 9.47. The number of hydrogen-bond donors (Lipinski definition) is 0. The lowest BCUT2D eigenvalue weighted by Crippen LogP contribution is -2.37. The van der Waals surface area contributed by atoms with Crippen LogP contribution in [0.25, 0.3) is 0 Å². The topological polar surface area (TPSA) is 48.0 Å². The maximum absolute atomic E-state index is 11.8. The Morgan fingerprint density at radius 1 is 1.30 bits per heavy atom. The molecule has 0 saturated heterocycles. The summed E-state index contributed by atoms with van der Waals surface area (Å²) in [5.41, 5.74) is 1.10. The number of nitrogens with zero attached hydrogens (tertiary/aromatic N) is 1. The van der Waals surface area contributed by atoms with E-state index in [9.17, 15) is 4.79 Å². The van der Waals surface area contributed by atoms with Gasteiger partial charge in [0, 0.05) is 13.1 Å². The summed E-state index contributed by atoms with van der Waals surface area (Å²) >= 11 is 0. The SMILES string of the molecule is CC(C)OC(=O)N(C)C(C)Cc1ccc2c(c1)OCO2. The molecule has 110 valence electrons. The zero-order valence-corrected chi connectivity index (χ0v) is 12.4. The number of benzene rings is 1. The highest BCUT2D eigenvalue weighted by Crippen LogP contribution is 2.32. The van der Waals surface area contributed by atoms with E-state index in [1.807, 2.05) is 39.0 Å². The van der Waals surface area contributed by atoms with Gasteiger partial charge in [0.25, 0.3) is 0 Å². The van der Waals surface area contributed by atoms with Crippen LogP contribution in [-0.2, 0) is 11.2 Å². The van der Waals surface area contributed by atoms with Crippen LogP contribution < -0.4 is 9.47 Å². The molecule has 0 fully saturated rings. The number of ether oxygens (including phenoxy) is 3. The highest BCUT2D eigenvalue weighted by molar-refractivity contribution is 5.67. The van der Waals surface area contributed by atoms with Crippen molar-refractivity contribution in [3.63, 3.8) is 0 Å². The minimum Gasteiger partial charge on any atom is -0.454 e. The Balaban J connectivity index is 1.97. The minimum absolute atomic E-state index is 0.0432. The average molecular weight is 279 g/mol. The molecule has 1 aliphatic heterocycles. The monoisotopic (exact) mass is 279 g/mol. The second kappa shape index (κ2) is 6.03. The van der Waals surface area contributed by atoms with Gasteiger partial charge in [0.1, 0.15) is 0 Å². The number of carbonyl (C=O) groups is 1. The highest BCUT2D eigenvalue weighted by Gasteiger charge is 2.20. The number of hydrogen-bond acceptors (Lipinski definition) is 4. The third-order valence-electron chi connectivity index (χ3n) is 3.25. The number of amides is 1. The van der Waals surface area contributed by atoms with E-state index in [-0.39, 0.29) is 25.0 Å². The number of rotatable bonds is 4. The van der Waals surface area contributed by atoms with E-state index in [0.717, 1.165) is 23.5 Å². The summed E-state index contributed by atoms with van der Waals surface area (Å²) in [7, 11) is 1.75. The largest absolute Gasteiger partial charge is 0.454 e. The molecule has 5 heteroatoms. The Bertz CT molecular complexity index is 487. The number of likely N-dealkylation sites (N-methyl/N-ethyl adjacent to an activating group) is 1. The van der Waals surface area contributed by atoms with Crippen molar-refractivity contribution in [2.24, 2.45) is 0 Å². The van der Waals surface area contributed by atoms with Gasteiger partial charge in [0.2, 0.25) is 6.79 Å². The van der Waals surface area contributed by atoms with Crippen molar-refractivity contribution in [3.8, 4) is 11.5 Å². The zero-order chi connectivity index (χ0) is 14.7. The van der Waals surface area contributed by atoms with Crippen LogP contribution in [0.2, 0.25) is 0 Å². The number of carbonyl (C=O) groups excluding carboxylic acids is 1. The predicted molar refractivity (Wildman–Crippen MR) is 75.1 cm³/mol. The van der Waals surface area contributed by atoms with Crippen molar-refractivity contribution in [3.05, 3.63) is 23.8 Å². The maximum atomic E-state index is 11.8. The van der Waals surface area contributed by atoms with E-state index < -0.39 is 0 Å². The summed E-state index contributed by atoms with van der Waals surface area (Å²) in [6, 6.07) is 5.89. The molecule has 1 unspecified atom stereocenters. The molecule has 0 saturated carbocycles. The normalized spacial score (nSPS) is 14.2. The van der Waals surface area contributed by atoms with E-state index in [0.29, 0.717) is 0 Å². The van der Waals surface area contributed by atoms with Crippen LogP contribution in [-0.4, -0.2) is 37.0 Å². The predicted octanol–water partition coefficient (Wildman–Crippen LogP) is 2.82. The van der Waals surface area contributed by atoms with Crippen LogP contribution in [0, 0.1) is 0 Å². The second-order valence-electron chi connectivity index (χ2n) is 5.28. The van der Waals surface area contributed by atoms with Gasteiger partial charge in [-0.2, -0.15) is 0 Å². The molecule has 0 spiro atoms. The van der Waals surface area contributed by atoms with Crippen LogP contribution in [0.1, 0.15) is 26.3 Å². The van der Waals surface area contributed by atoms with E-state index in [2.05, 4.69) is 0 Å². The first kappa shape index (κ1) is 14.5. The van der Waals surface area contributed by atoms with E-state index in [1.165, 1.54) is 0 Å². The Labute approximate surface area is 119 Å². The van der Waals surface area contributed by atoms with Gasteiger partial charge in [-0.3, -0.25) is 0 Å². The summed E-state index contributed by atoms with van der Waals surface area (Å²) in [4.78, 5) is 13.4. The van der Waals surface area contributed by atoms with Crippen molar-refractivity contribution in [2.45, 2.75) is 39.3 Å². The van der Waals surface area contributed by atoms with Crippen LogP contribution >= 0.6 is 0 Å². The molecule has 0 aromatic heterocycles. The van der Waals surface area contributed by atoms with Crippen molar-refractivity contribution in [1.82, 2.24) is 4.90 Å². The molecule has 0 aliphatic carbocycles. The average Bonchev–Trinajstić information content (AvgIpc) is 2.84. The van der Waals surface area contributed by atoms with Crippen LogP contribution in [0.15, 0.2) is 18.2 Å². The van der Waals surface area contributed by atoms with E-state index in [4.69, 9.17) is 14.2 Å². The van der Waals surface area contributed by atoms with Gasteiger partial charge >= 0.3 is 6.09 Å². The van der Waals surface area contributed by atoms with Gasteiger partial charge in [-0.1, -0.05) is 6.07 Å². The first-order valence-corrected chi connectivity index (χ1v) is 6.79. The van der Waals surface area contributed by atoms with Crippen molar-refractivity contribution in [1.29, 1.82) is 0 Å². The van der Waals surface area contributed by atoms with Gasteiger partial charge in [-0.15, -0.1) is 0 Å². The molecule has 0 N–H and O–H groups in total. The van der Waals surface area contributed by atoms with Crippen LogP contribution in [0.4, 0.5) is 4.79 Å². The van der Waals surface area contributed by atoms with Gasteiger partial charge in [-0.05, 0) is 44.9 Å². The molecule has 2 rings (SSSR count). The summed E-state index contributed by atoms with van der Waals surface area (Å²) in [5.74, 6) is 1.54. The standard InChI is InChI=1S/C15H21NO4/c1-10(2)20-15(17)16(4)11(3)7-12-5-6-13-14(8-12)19-9-18-13/h5-6,8,10-11H,7,9H2,1-4H3. The third kappa shape index (κ3) is 3.35. The number of fused-ring (bicyclic) bond motifs is 1. The van der Waals surface area contributed by atoms with Gasteiger partial charge in [-0.25, -0.2) is 4.79 Å². The summed E-state index contributed by atoms with van der Waals surface area (Å²) in [6.45, 7) is 5.95. The third-order valence-corrected chi connectivity index (χ3v) is 3.25. The second-order valence-corrected chi connectivity index (χ2v) is 5.28. The van der Waals surface area contributed by atoms with Gasteiger partial charge in [0.15, 0.2) is 11.5 Å². The molecule has 5 nitrogen and oxygen atoms in total. The lowest BCUT2D eigenvalue weighted by Gasteiger charge is -2.25. The Kier molecular flexibility index (Phi) is 4.37. The van der Waals surface area contributed by atoms with Gasteiger partial charge < -0.3 is 19.1 Å². The molecular weight excluding hydrogens is 258 g/mol. The molecule has 1 aromatic carbocycles. The van der Waals surface area contributed by atoms with Crippen LogP contribution in [0.5, 0.6) is 11.5 Å². The Morgan fingerprint density at radius 2 is 2.00 bits per heavy atom. The molecule has 0 radical (unpaired) electrons. The Morgan fingerprint density at radius 3 is 2.70 bits per heavy atom. The summed E-state index contributed by atoms with van der Waals surface area (Å²) < 4.78 is 15.8. The lowest BCUT2D eigenvalue weighted by molar-refractivity contribution is 0.0745. The first-order valence-electron chi connectivity index (χ1n) is 6.79. The van der Waals surface area contributed by atoms with Crippen molar-refractivity contribution >= 4 is 6.09 Å². The minimum atomic E-state index is -0.298. The van der Waals surface area contributed by atoms with E-state index >= 15 is 0 Å². The van der Waals surface area contributed by atoms with E-state index in [1.54, 1.807) is 11.9 Å². The van der Waals surface area contributed by atoms with Crippen LogP contribution in [0.3, 0.4) is 0 Å². The fourth-order valence-corrected chi connectivity index (χ4v) is 2.01. The molecule has 1 heterocycles. The highest BCUT2D eigenvalue weighted by atomic mass is 16.7. The van der Waals surface area contributed by atoms with Crippen molar-refractivity contribution in [2.75, 3.05) is 13.8 Å². The smallest absolute Gasteiger partial charge is 0.410 e. The quantitative estimate of drug-likeness (QED) is 0.850. The molecule has 1 atom stereocenters. The fraction of sp³-hybridized carbons (Fsp3) is 0.533. The molecule has 1 amide bonds. The fourth-order valence-electron chi connectivity index (χ4n) is 2.01. The Hall–Kier alpha value is -1.91. The molecule has 0 bridgehead atoms. The maximum Gasteiger partial charge on any atom is 0.410 e. The molecule has 1 aromatic rings. The molecule has 20 heavy (non-hydrogen) atoms. The molecular formula is C15H21NO4. The van der Waals surface area contributed by atoms with Gasteiger partial charge in [0.05, 0.1) is 6.10 Å². The molecule has 1 aliphatic rings. The summed E-state index contributed by atoms with van der Waals surface area (Å²) in [5, 5.41) is 0. The summed E-state index contributed by atoms with van der Waals surface area (Å²) in [6.07, 6.45) is 0.330. The zero-order valence-electron chi connectivity index (χ0n) is 12.4.